The van der Waals surface area contributed by atoms with Gasteiger partial charge in [-0.1, -0.05) is 51.1 Å². The third-order valence-corrected chi connectivity index (χ3v) is 9.72. The molecule has 2 unspecified atom stereocenters. The molecule has 134 valence electrons. The van der Waals surface area contributed by atoms with Crippen molar-refractivity contribution >= 4 is 14.4 Å². The fourth-order valence-corrected chi connectivity index (χ4v) is 4.10. The molecule has 1 saturated carbocycles. The molecule has 1 amide bonds. The van der Waals surface area contributed by atoms with Gasteiger partial charge in [0.15, 0.2) is 8.32 Å². The monoisotopic (exact) mass is 349 g/mol. The molecule has 1 aliphatic carbocycles. The van der Waals surface area contributed by atoms with Crippen molar-refractivity contribution < 1.29 is 14.0 Å². The number of alkyl carbamates (subject to hydrolysis) is 1. The number of rotatable bonds is 5. The highest BCUT2D eigenvalue weighted by molar-refractivity contribution is 6.74. The quantitative estimate of drug-likeness (QED) is 0.773. The zero-order valence-corrected chi connectivity index (χ0v) is 16.6. The first-order chi connectivity index (χ1) is 11.2. The molecule has 1 N–H and O–H groups in total. The Bertz CT molecular complexity index is 539. The number of carbonyl (C=O) groups is 1. The van der Waals surface area contributed by atoms with E-state index >= 15 is 0 Å². The molecule has 0 aromatic heterocycles. The smallest absolute Gasteiger partial charge is 0.407 e. The first-order valence-corrected chi connectivity index (χ1v) is 11.7. The minimum absolute atomic E-state index is 0.156. The van der Waals surface area contributed by atoms with Crippen LogP contribution in [-0.4, -0.2) is 26.6 Å². The average Bonchev–Trinajstić information content (AvgIpc) is 2.91. The predicted octanol–water partition coefficient (Wildman–Crippen LogP) is 4.86. The van der Waals surface area contributed by atoms with Crippen molar-refractivity contribution in [3.8, 4) is 0 Å². The van der Waals surface area contributed by atoms with Crippen LogP contribution in [0.1, 0.15) is 45.6 Å². The van der Waals surface area contributed by atoms with Gasteiger partial charge in [0.05, 0.1) is 0 Å². The summed E-state index contributed by atoms with van der Waals surface area (Å²) in [5.74, 6) is 0. The Hall–Kier alpha value is -1.33. The van der Waals surface area contributed by atoms with Crippen LogP contribution in [-0.2, 0) is 15.8 Å². The number of carbonyl (C=O) groups excluding carboxylic acids is 1. The molecule has 1 fully saturated rings. The SMILES string of the molecule is CC(C)(C)[Si](C)(C)OC1CCC(NC(=O)OCc2ccccc2)C1. The van der Waals surface area contributed by atoms with Crippen LogP contribution in [0.3, 0.4) is 0 Å². The summed E-state index contributed by atoms with van der Waals surface area (Å²) in [4.78, 5) is 12.0. The molecule has 0 radical (unpaired) electrons. The van der Waals surface area contributed by atoms with Crippen LogP contribution in [0.4, 0.5) is 4.79 Å². The van der Waals surface area contributed by atoms with Crippen LogP contribution >= 0.6 is 0 Å². The summed E-state index contributed by atoms with van der Waals surface area (Å²) in [6.45, 7) is 11.6. The Balaban J connectivity index is 1.74. The molecule has 1 aromatic rings. The van der Waals surface area contributed by atoms with Crippen molar-refractivity contribution in [2.75, 3.05) is 0 Å². The maximum absolute atomic E-state index is 12.0. The summed E-state index contributed by atoms with van der Waals surface area (Å²) in [6, 6.07) is 9.89. The first-order valence-electron chi connectivity index (χ1n) is 8.82. The van der Waals surface area contributed by atoms with E-state index in [1.165, 1.54) is 0 Å². The Labute approximate surface area is 147 Å². The molecule has 0 spiro atoms. The van der Waals surface area contributed by atoms with Gasteiger partial charge in [0, 0.05) is 12.1 Å². The highest BCUT2D eigenvalue weighted by atomic mass is 28.4. The lowest BCUT2D eigenvalue weighted by atomic mass is 10.2. The van der Waals surface area contributed by atoms with E-state index in [1.54, 1.807) is 0 Å². The van der Waals surface area contributed by atoms with Gasteiger partial charge >= 0.3 is 6.09 Å². The molecular formula is C19H31NO3Si. The predicted molar refractivity (Wildman–Crippen MR) is 99.5 cm³/mol. The lowest BCUT2D eigenvalue weighted by Gasteiger charge is -2.38. The Morgan fingerprint density at radius 2 is 1.88 bits per heavy atom. The second-order valence-corrected chi connectivity index (χ2v) is 13.0. The summed E-state index contributed by atoms with van der Waals surface area (Å²) in [5, 5.41) is 3.19. The van der Waals surface area contributed by atoms with Crippen molar-refractivity contribution in [3.05, 3.63) is 35.9 Å². The van der Waals surface area contributed by atoms with Gasteiger partial charge in [-0.2, -0.15) is 0 Å². The normalized spacial score (nSPS) is 21.5. The summed E-state index contributed by atoms with van der Waals surface area (Å²) in [5.41, 5.74) is 0.998. The van der Waals surface area contributed by atoms with E-state index in [0.29, 0.717) is 6.61 Å². The van der Waals surface area contributed by atoms with Gasteiger partial charge in [0.2, 0.25) is 0 Å². The fraction of sp³-hybridized carbons (Fsp3) is 0.632. The molecule has 5 heteroatoms. The summed E-state index contributed by atoms with van der Waals surface area (Å²) < 4.78 is 11.7. The molecule has 2 atom stereocenters. The molecular weight excluding hydrogens is 318 g/mol. The van der Waals surface area contributed by atoms with Crippen LogP contribution in [0.15, 0.2) is 30.3 Å². The van der Waals surface area contributed by atoms with E-state index in [9.17, 15) is 4.79 Å². The number of hydrogen-bond donors (Lipinski definition) is 1. The van der Waals surface area contributed by atoms with Gasteiger partial charge < -0.3 is 14.5 Å². The molecule has 0 bridgehead atoms. The van der Waals surface area contributed by atoms with Crippen molar-refractivity contribution in [2.45, 2.75) is 76.9 Å². The highest BCUT2D eigenvalue weighted by Gasteiger charge is 2.40. The first kappa shape index (κ1) is 19.0. The lowest BCUT2D eigenvalue weighted by Crippen LogP contribution is -2.44. The number of nitrogens with one attached hydrogen (secondary N) is 1. The van der Waals surface area contributed by atoms with Crippen LogP contribution in [0.5, 0.6) is 0 Å². The molecule has 1 aliphatic rings. The van der Waals surface area contributed by atoms with Crippen molar-refractivity contribution in [2.24, 2.45) is 0 Å². The van der Waals surface area contributed by atoms with E-state index in [2.05, 4.69) is 39.2 Å². The maximum Gasteiger partial charge on any atom is 0.407 e. The molecule has 0 heterocycles. The minimum atomic E-state index is -1.74. The van der Waals surface area contributed by atoms with Crippen LogP contribution in [0.25, 0.3) is 0 Å². The van der Waals surface area contributed by atoms with Crippen molar-refractivity contribution in [3.63, 3.8) is 0 Å². The molecule has 1 aromatic carbocycles. The zero-order valence-electron chi connectivity index (χ0n) is 15.6. The molecule has 2 rings (SSSR count). The van der Waals surface area contributed by atoms with E-state index in [0.717, 1.165) is 24.8 Å². The van der Waals surface area contributed by atoms with E-state index in [4.69, 9.17) is 9.16 Å². The van der Waals surface area contributed by atoms with Gasteiger partial charge in [0.1, 0.15) is 6.61 Å². The second-order valence-electron chi connectivity index (χ2n) is 8.22. The zero-order chi connectivity index (χ0) is 17.8. The third-order valence-electron chi connectivity index (χ3n) is 5.19. The summed E-state index contributed by atoms with van der Waals surface area (Å²) >= 11 is 0. The van der Waals surface area contributed by atoms with Gasteiger partial charge in [-0.25, -0.2) is 4.79 Å². The van der Waals surface area contributed by atoms with Gasteiger partial charge in [-0.05, 0) is 43.0 Å². The highest BCUT2D eigenvalue weighted by Crippen LogP contribution is 2.39. The Morgan fingerprint density at radius 1 is 1.21 bits per heavy atom. The molecule has 0 aliphatic heterocycles. The van der Waals surface area contributed by atoms with Crippen molar-refractivity contribution in [1.29, 1.82) is 0 Å². The number of hydrogen-bond acceptors (Lipinski definition) is 3. The second kappa shape index (κ2) is 7.70. The number of benzene rings is 1. The molecule has 24 heavy (non-hydrogen) atoms. The average molecular weight is 350 g/mol. The number of ether oxygens (including phenoxy) is 1. The maximum atomic E-state index is 12.0. The van der Waals surface area contributed by atoms with Gasteiger partial charge in [-0.15, -0.1) is 0 Å². The van der Waals surface area contributed by atoms with E-state index in [-0.39, 0.29) is 23.3 Å². The standard InChI is InChI=1S/C19H31NO3Si/c1-19(2,3)24(4,5)23-17-12-11-16(13-17)20-18(21)22-14-15-9-7-6-8-10-15/h6-10,16-17H,11-14H2,1-5H3,(H,20,21). The Kier molecular flexibility index (Phi) is 6.10. The van der Waals surface area contributed by atoms with Crippen LogP contribution < -0.4 is 5.32 Å². The topological polar surface area (TPSA) is 47.6 Å². The van der Waals surface area contributed by atoms with Crippen LogP contribution in [0, 0.1) is 0 Å². The summed E-state index contributed by atoms with van der Waals surface area (Å²) in [6.07, 6.45) is 2.77. The van der Waals surface area contributed by atoms with Gasteiger partial charge in [-0.3, -0.25) is 0 Å². The lowest BCUT2D eigenvalue weighted by molar-refractivity contribution is 0.134. The largest absolute Gasteiger partial charge is 0.445 e. The van der Waals surface area contributed by atoms with Crippen LogP contribution in [0.2, 0.25) is 18.1 Å². The minimum Gasteiger partial charge on any atom is -0.445 e. The summed E-state index contributed by atoms with van der Waals surface area (Å²) in [7, 11) is -1.74. The Morgan fingerprint density at radius 3 is 2.50 bits per heavy atom. The third kappa shape index (κ3) is 5.35. The van der Waals surface area contributed by atoms with Gasteiger partial charge in [0.25, 0.3) is 0 Å². The number of amides is 1. The molecule has 4 nitrogen and oxygen atoms in total. The molecule has 0 saturated heterocycles. The van der Waals surface area contributed by atoms with E-state index in [1.807, 2.05) is 30.3 Å². The fourth-order valence-electron chi connectivity index (χ4n) is 2.70. The van der Waals surface area contributed by atoms with E-state index < -0.39 is 8.32 Å². The van der Waals surface area contributed by atoms with Crippen molar-refractivity contribution in [1.82, 2.24) is 5.32 Å².